The number of benzene rings is 4. The molecule has 31 heavy (non-hydrogen) atoms. The summed E-state index contributed by atoms with van der Waals surface area (Å²) in [5.41, 5.74) is 5.09. The van der Waals surface area contributed by atoms with Gasteiger partial charge in [-0.2, -0.15) is 0 Å². The van der Waals surface area contributed by atoms with Crippen molar-refractivity contribution in [2.24, 2.45) is 0 Å². The molecule has 1 amide bonds. The molecule has 152 valence electrons. The number of hydrogen-bond acceptors (Lipinski definition) is 2. The smallest absolute Gasteiger partial charge is 0.239 e. The molecule has 5 rings (SSSR count). The molecule has 1 atom stereocenters. The lowest BCUT2D eigenvalue weighted by atomic mass is 9.89. The van der Waals surface area contributed by atoms with E-state index in [1.807, 2.05) is 108 Å². The minimum atomic E-state index is -0.357. The second-order valence-electron chi connectivity index (χ2n) is 7.83. The quantitative estimate of drug-likeness (QED) is 0.451. The van der Waals surface area contributed by atoms with Crippen molar-refractivity contribution >= 4 is 17.3 Å². The molecule has 0 saturated heterocycles. The number of para-hydroxylation sites is 2. The van der Waals surface area contributed by atoms with Crippen LogP contribution in [0, 0.1) is 0 Å². The molecule has 1 N–H and O–H groups in total. The van der Waals surface area contributed by atoms with E-state index in [-0.39, 0.29) is 17.9 Å². The molecule has 0 saturated carbocycles. The summed E-state index contributed by atoms with van der Waals surface area (Å²) < 4.78 is 0. The van der Waals surface area contributed by atoms with Crippen LogP contribution in [0.5, 0.6) is 0 Å². The highest BCUT2D eigenvalue weighted by molar-refractivity contribution is 6.03. The fraction of sp³-hybridized carbons (Fsp3) is 0.107. The van der Waals surface area contributed by atoms with Crippen LogP contribution in [0.1, 0.15) is 28.7 Å². The van der Waals surface area contributed by atoms with Crippen LogP contribution in [0.2, 0.25) is 0 Å². The van der Waals surface area contributed by atoms with Crippen LogP contribution in [0.15, 0.2) is 115 Å². The zero-order valence-corrected chi connectivity index (χ0v) is 17.2. The summed E-state index contributed by atoms with van der Waals surface area (Å²) in [5, 5.41) is 3.62. The number of nitrogens with one attached hydrogen (secondary N) is 1. The first-order valence-corrected chi connectivity index (χ1v) is 10.6. The summed E-state index contributed by atoms with van der Waals surface area (Å²) in [7, 11) is 0. The molecule has 1 aliphatic heterocycles. The molecule has 3 nitrogen and oxygen atoms in total. The average molecular weight is 405 g/mol. The van der Waals surface area contributed by atoms with Gasteiger partial charge in [-0.15, -0.1) is 0 Å². The zero-order valence-electron chi connectivity index (χ0n) is 17.2. The monoisotopic (exact) mass is 404 g/mol. The van der Waals surface area contributed by atoms with Gasteiger partial charge in [-0.1, -0.05) is 103 Å². The molecule has 0 bridgehead atoms. The normalized spacial score (nSPS) is 15.3. The van der Waals surface area contributed by atoms with Crippen LogP contribution >= 0.6 is 0 Å². The Hall–Kier alpha value is -3.85. The number of amides is 1. The second-order valence-corrected chi connectivity index (χ2v) is 7.83. The number of nitrogens with zero attached hydrogens (tertiary/aromatic N) is 1. The van der Waals surface area contributed by atoms with E-state index in [0.717, 1.165) is 22.5 Å². The SMILES string of the molecule is O=C(C(c1ccccc1)c1ccccc1)N1CC(c2ccccc2)Nc2ccccc21. The maximum absolute atomic E-state index is 14.1. The van der Waals surface area contributed by atoms with E-state index in [1.54, 1.807) is 0 Å². The zero-order chi connectivity index (χ0) is 21.0. The van der Waals surface area contributed by atoms with Crippen LogP contribution in [-0.2, 0) is 4.79 Å². The predicted molar refractivity (Wildman–Crippen MR) is 126 cm³/mol. The van der Waals surface area contributed by atoms with Crippen molar-refractivity contribution in [3.8, 4) is 0 Å². The molecule has 1 heterocycles. The summed E-state index contributed by atoms with van der Waals surface area (Å²) in [4.78, 5) is 16.1. The molecule has 0 fully saturated rings. The summed E-state index contributed by atoms with van der Waals surface area (Å²) in [6.07, 6.45) is 0. The van der Waals surface area contributed by atoms with Crippen molar-refractivity contribution < 1.29 is 4.79 Å². The van der Waals surface area contributed by atoms with Crippen molar-refractivity contribution in [2.75, 3.05) is 16.8 Å². The minimum Gasteiger partial charge on any atom is -0.375 e. The molecule has 4 aromatic carbocycles. The van der Waals surface area contributed by atoms with Crippen molar-refractivity contribution in [3.63, 3.8) is 0 Å². The number of fused-ring (bicyclic) bond motifs is 1. The average Bonchev–Trinajstić information content (AvgIpc) is 2.85. The lowest BCUT2D eigenvalue weighted by molar-refractivity contribution is -0.119. The van der Waals surface area contributed by atoms with E-state index in [9.17, 15) is 4.79 Å². The van der Waals surface area contributed by atoms with Gasteiger partial charge in [0.15, 0.2) is 0 Å². The van der Waals surface area contributed by atoms with Gasteiger partial charge in [0.1, 0.15) is 0 Å². The number of rotatable bonds is 4. The highest BCUT2D eigenvalue weighted by Crippen LogP contribution is 2.38. The van der Waals surface area contributed by atoms with Gasteiger partial charge in [0.25, 0.3) is 0 Å². The Morgan fingerprint density at radius 1 is 0.710 bits per heavy atom. The summed E-state index contributed by atoms with van der Waals surface area (Å²) in [5.74, 6) is -0.266. The van der Waals surface area contributed by atoms with Crippen molar-refractivity contribution in [2.45, 2.75) is 12.0 Å². The Balaban J connectivity index is 1.58. The fourth-order valence-corrected chi connectivity index (χ4v) is 4.35. The van der Waals surface area contributed by atoms with Gasteiger partial charge in [-0.25, -0.2) is 0 Å². The highest BCUT2D eigenvalue weighted by Gasteiger charge is 2.34. The van der Waals surface area contributed by atoms with Crippen LogP contribution in [0.4, 0.5) is 11.4 Å². The van der Waals surface area contributed by atoms with Crippen molar-refractivity contribution in [3.05, 3.63) is 132 Å². The maximum atomic E-state index is 14.1. The molecule has 1 unspecified atom stereocenters. The predicted octanol–water partition coefficient (Wildman–Crippen LogP) is 6.02. The first kappa shape index (κ1) is 19.1. The van der Waals surface area contributed by atoms with Gasteiger partial charge >= 0.3 is 0 Å². The molecule has 4 aromatic rings. The first-order chi connectivity index (χ1) is 15.3. The van der Waals surface area contributed by atoms with E-state index >= 15 is 0 Å². The van der Waals surface area contributed by atoms with Gasteiger partial charge in [-0.05, 0) is 28.8 Å². The molecular formula is C28H24N2O. The first-order valence-electron chi connectivity index (χ1n) is 10.6. The molecule has 1 aliphatic rings. The van der Waals surface area contributed by atoms with Crippen LogP contribution in [0.3, 0.4) is 0 Å². The summed E-state index contributed by atoms with van der Waals surface area (Å²) in [6, 6.07) is 38.5. The largest absolute Gasteiger partial charge is 0.375 e. The fourth-order valence-electron chi connectivity index (χ4n) is 4.35. The lowest BCUT2D eigenvalue weighted by Gasteiger charge is -2.38. The standard InChI is InChI=1S/C28H24N2O/c31-28(27(22-14-6-2-7-15-22)23-16-8-3-9-17-23)30-20-25(21-12-4-1-5-13-21)29-24-18-10-11-19-26(24)30/h1-19,25,27,29H,20H2. The number of carbonyl (C=O) groups excluding carboxylic acids is 1. The van der Waals surface area contributed by atoms with Crippen LogP contribution in [0.25, 0.3) is 0 Å². The molecule has 0 aromatic heterocycles. The van der Waals surface area contributed by atoms with Crippen LogP contribution < -0.4 is 10.2 Å². The molecule has 0 aliphatic carbocycles. The highest BCUT2D eigenvalue weighted by atomic mass is 16.2. The Labute approximate surface area is 183 Å². The van der Waals surface area contributed by atoms with E-state index in [0.29, 0.717) is 6.54 Å². The van der Waals surface area contributed by atoms with Gasteiger partial charge in [0.2, 0.25) is 5.91 Å². The Bertz CT molecular complexity index is 1120. The lowest BCUT2D eigenvalue weighted by Crippen LogP contribution is -2.43. The summed E-state index contributed by atoms with van der Waals surface area (Å²) in [6.45, 7) is 0.579. The molecule has 0 radical (unpaired) electrons. The Morgan fingerprint density at radius 3 is 1.84 bits per heavy atom. The Kier molecular flexibility index (Phi) is 5.24. The Morgan fingerprint density at radius 2 is 1.23 bits per heavy atom. The third-order valence-corrected chi connectivity index (χ3v) is 5.87. The minimum absolute atomic E-state index is 0.0345. The van der Waals surface area contributed by atoms with Gasteiger partial charge < -0.3 is 10.2 Å². The van der Waals surface area contributed by atoms with E-state index in [2.05, 4.69) is 17.4 Å². The number of hydrogen-bond donors (Lipinski definition) is 1. The van der Waals surface area contributed by atoms with E-state index < -0.39 is 0 Å². The third kappa shape index (κ3) is 3.82. The van der Waals surface area contributed by atoms with Crippen molar-refractivity contribution in [1.29, 1.82) is 0 Å². The number of anilines is 2. The molecular weight excluding hydrogens is 380 g/mol. The number of carbonyl (C=O) groups is 1. The molecule has 0 spiro atoms. The molecule has 3 heteroatoms. The van der Waals surface area contributed by atoms with E-state index in [1.165, 1.54) is 5.56 Å². The van der Waals surface area contributed by atoms with Gasteiger partial charge in [-0.3, -0.25) is 4.79 Å². The van der Waals surface area contributed by atoms with Gasteiger partial charge in [0, 0.05) is 0 Å². The van der Waals surface area contributed by atoms with Crippen molar-refractivity contribution in [1.82, 2.24) is 0 Å². The maximum Gasteiger partial charge on any atom is 0.239 e. The van der Waals surface area contributed by atoms with E-state index in [4.69, 9.17) is 0 Å². The second kappa shape index (κ2) is 8.49. The van der Waals surface area contributed by atoms with Crippen LogP contribution in [-0.4, -0.2) is 12.5 Å². The third-order valence-electron chi connectivity index (χ3n) is 5.87. The van der Waals surface area contributed by atoms with Gasteiger partial charge in [0.05, 0.1) is 29.9 Å². The topological polar surface area (TPSA) is 32.3 Å². The summed E-state index contributed by atoms with van der Waals surface area (Å²) >= 11 is 0.